The van der Waals surface area contributed by atoms with E-state index in [0.717, 1.165) is 62.9 Å². The predicted octanol–water partition coefficient (Wildman–Crippen LogP) is 2.04. The number of anilines is 1. The Bertz CT molecular complexity index is 703. The Morgan fingerprint density at radius 3 is 2.14 bits per heavy atom. The van der Waals surface area contributed by atoms with Gasteiger partial charge in [0.25, 0.3) is 0 Å². The van der Waals surface area contributed by atoms with Gasteiger partial charge < -0.3 is 20.7 Å². The molecule has 1 aromatic carbocycles. The number of amides is 1. The van der Waals surface area contributed by atoms with Crippen molar-refractivity contribution in [2.75, 3.05) is 25.1 Å². The summed E-state index contributed by atoms with van der Waals surface area (Å²) in [6, 6.07) is 7.94. The number of hydrogen-bond donors (Lipinski definition) is 3. The Morgan fingerprint density at radius 2 is 1.61 bits per heavy atom. The van der Waals surface area contributed by atoms with Gasteiger partial charge in [-0.25, -0.2) is 0 Å². The molecular formula is C21H30N4O3. The Hall–Kier alpha value is -2.57. The number of esters is 1. The van der Waals surface area contributed by atoms with Gasteiger partial charge in [0, 0.05) is 36.3 Å². The number of ether oxygens (including phenoxy) is 1. The first-order valence-electron chi connectivity index (χ1n) is 10.1. The number of benzene rings is 1. The number of nitrogens with zero attached hydrogens (tertiary/aromatic N) is 1. The van der Waals surface area contributed by atoms with Crippen molar-refractivity contribution >= 4 is 23.4 Å². The highest BCUT2D eigenvalue weighted by atomic mass is 16.5. The number of amidine groups is 1. The lowest BCUT2D eigenvalue weighted by Gasteiger charge is -2.35. The van der Waals surface area contributed by atoms with Crippen molar-refractivity contribution in [3.63, 3.8) is 0 Å². The molecule has 1 saturated heterocycles. The number of nitrogen functional groups attached to an aromatic ring is 1. The fraction of sp³-hybridized carbons (Fsp3) is 0.571. The predicted molar refractivity (Wildman–Crippen MR) is 108 cm³/mol. The molecule has 0 radical (unpaired) electrons. The van der Waals surface area contributed by atoms with Gasteiger partial charge in [0.2, 0.25) is 5.91 Å². The first-order valence-corrected chi connectivity index (χ1v) is 10.1. The Balaban J connectivity index is 1.43. The second-order valence-corrected chi connectivity index (χ2v) is 7.80. The quantitative estimate of drug-likeness (QED) is 0.408. The molecule has 28 heavy (non-hydrogen) atoms. The molecule has 1 amide bonds. The molecule has 4 N–H and O–H groups in total. The van der Waals surface area contributed by atoms with E-state index in [1.807, 2.05) is 24.3 Å². The van der Waals surface area contributed by atoms with Gasteiger partial charge in [-0.15, -0.1) is 0 Å². The van der Waals surface area contributed by atoms with Gasteiger partial charge in [0.1, 0.15) is 5.84 Å². The first kappa shape index (κ1) is 20.2. The van der Waals surface area contributed by atoms with E-state index in [-0.39, 0.29) is 35.6 Å². The minimum atomic E-state index is -0.150. The molecule has 1 aliphatic heterocycles. The van der Waals surface area contributed by atoms with Crippen LogP contribution in [-0.2, 0) is 14.3 Å². The van der Waals surface area contributed by atoms with Crippen molar-refractivity contribution in [3.05, 3.63) is 29.8 Å². The number of carbonyl (C=O) groups is 2. The molecule has 0 spiro atoms. The van der Waals surface area contributed by atoms with Crippen LogP contribution in [0.4, 0.5) is 5.69 Å². The minimum Gasteiger partial charge on any atom is -0.469 e. The minimum absolute atomic E-state index is 0.0121. The molecule has 0 bridgehead atoms. The largest absolute Gasteiger partial charge is 0.469 e. The lowest BCUT2D eigenvalue weighted by molar-refractivity contribution is -0.147. The van der Waals surface area contributed by atoms with Gasteiger partial charge in [0.05, 0.1) is 13.0 Å². The average molecular weight is 386 g/mol. The van der Waals surface area contributed by atoms with Gasteiger partial charge in [0.15, 0.2) is 0 Å². The summed E-state index contributed by atoms with van der Waals surface area (Å²) in [6.45, 7) is 1.78. The summed E-state index contributed by atoms with van der Waals surface area (Å²) in [6.07, 6.45) is 4.81. The molecule has 2 aliphatic rings. The molecule has 3 rings (SSSR count). The van der Waals surface area contributed by atoms with Gasteiger partial charge in [-0.2, -0.15) is 0 Å². The molecule has 1 aromatic rings. The fourth-order valence-electron chi connectivity index (χ4n) is 4.21. The normalized spacial score (nSPS) is 23.1. The highest BCUT2D eigenvalue weighted by molar-refractivity contribution is 5.95. The number of piperidine rings is 1. The van der Waals surface area contributed by atoms with Crippen LogP contribution >= 0.6 is 0 Å². The monoisotopic (exact) mass is 386 g/mol. The zero-order valence-electron chi connectivity index (χ0n) is 16.4. The summed E-state index contributed by atoms with van der Waals surface area (Å²) >= 11 is 0. The van der Waals surface area contributed by atoms with Crippen LogP contribution in [0.15, 0.2) is 24.3 Å². The maximum atomic E-state index is 12.6. The maximum absolute atomic E-state index is 12.6. The molecular weight excluding hydrogens is 356 g/mol. The highest BCUT2D eigenvalue weighted by Crippen LogP contribution is 2.30. The topological polar surface area (TPSA) is 109 Å². The van der Waals surface area contributed by atoms with Crippen LogP contribution in [0.2, 0.25) is 0 Å². The van der Waals surface area contributed by atoms with Gasteiger partial charge in [-0.1, -0.05) is 0 Å². The Morgan fingerprint density at radius 1 is 1.04 bits per heavy atom. The third-order valence-electron chi connectivity index (χ3n) is 6.02. The third-order valence-corrected chi connectivity index (χ3v) is 6.02. The smallest absolute Gasteiger partial charge is 0.308 e. The molecule has 0 unspecified atom stereocenters. The molecule has 1 heterocycles. The van der Waals surface area contributed by atoms with E-state index in [0.29, 0.717) is 0 Å². The van der Waals surface area contributed by atoms with Crippen LogP contribution in [0.1, 0.15) is 44.1 Å². The summed E-state index contributed by atoms with van der Waals surface area (Å²) < 4.78 is 4.81. The number of hydrogen-bond acceptors (Lipinski definition) is 5. The van der Waals surface area contributed by atoms with Crippen molar-refractivity contribution in [2.24, 2.45) is 17.6 Å². The van der Waals surface area contributed by atoms with Gasteiger partial charge in [-0.05, 0) is 62.8 Å². The average Bonchev–Trinajstić information content (AvgIpc) is 2.74. The van der Waals surface area contributed by atoms with Crippen LogP contribution in [0.3, 0.4) is 0 Å². The van der Waals surface area contributed by atoms with E-state index in [2.05, 4.69) is 10.2 Å². The van der Waals surface area contributed by atoms with Crippen molar-refractivity contribution in [2.45, 2.75) is 44.6 Å². The number of rotatable bonds is 5. The molecule has 7 nitrogen and oxygen atoms in total. The standard InChI is InChI=1S/C21H30N4O3/c1-28-21(27)16-4-2-15(3-5-16)20(26)24-17-10-12-25(13-11-17)18-8-6-14(7-9-18)19(22)23/h6-9,15-17H,2-5,10-13H2,1H3,(H3,22,23)(H,24,26). The van der Waals surface area contributed by atoms with Crippen LogP contribution in [0.5, 0.6) is 0 Å². The van der Waals surface area contributed by atoms with Crippen molar-refractivity contribution in [1.29, 1.82) is 5.41 Å². The van der Waals surface area contributed by atoms with Crippen molar-refractivity contribution in [1.82, 2.24) is 5.32 Å². The first-order chi connectivity index (χ1) is 13.5. The van der Waals surface area contributed by atoms with Crippen molar-refractivity contribution < 1.29 is 14.3 Å². The van der Waals surface area contributed by atoms with E-state index in [9.17, 15) is 9.59 Å². The Labute approximate surface area is 166 Å². The van der Waals surface area contributed by atoms with E-state index in [1.165, 1.54) is 7.11 Å². The van der Waals surface area contributed by atoms with E-state index >= 15 is 0 Å². The molecule has 1 aliphatic carbocycles. The van der Waals surface area contributed by atoms with Crippen LogP contribution in [0, 0.1) is 17.2 Å². The molecule has 0 atom stereocenters. The molecule has 1 saturated carbocycles. The number of carbonyl (C=O) groups excluding carboxylic acids is 2. The fourth-order valence-corrected chi connectivity index (χ4v) is 4.21. The summed E-state index contributed by atoms with van der Waals surface area (Å²) in [7, 11) is 1.42. The van der Waals surface area contributed by atoms with Crippen molar-refractivity contribution in [3.8, 4) is 0 Å². The number of nitrogens with one attached hydrogen (secondary N) is 2. The molecule has 152 valence electrons. The Kier molecular flexibility index (Phi) is 6.54. The number of nitrogens with two attached hydrogens (primary N) is 1. The summed E-state index contributed by atoms with van der Waals surface area (Å²) in [5.41, 5.74) is 7.35. The lowest BCUT2D eigenvalue weighted by atomic mass is 9.81. The van der Waals surface area contributed by atoms with Gasteiger partial charge >= 0.3 is 5.97 Å². The van der Waals surface area contributed by atoms with Crippen LogP contribution in [-0.4, -0.2) is 44.0 Å². The maximum Gasteiger partial charge on any atom is 0.308 e. The summed E-state index contributed by atoms with van der Waals surface area (Å²) in [5.74, 6) is 0.0217. The molecule has 7 heteroatoms. The van der Waals surface area contributed by atoms with E-state index in [4.69, 9.17) is 15.9 Å². The second kappa shape index (κ2) is 9.08. The summed E-state index contributed by atoms with van der Waals surface area (Å²) in [4.78, 5) is 26.5. The van der Waals surface area contributed by atoms with Crippen LogP contribution < -0.4 is 16.0 Å². The SMILES string of the molecule is COC(=O)C1CCC(C(=O)NC2CCN(c3ccc(C(=N)N)cc3)CC2)CC1. The van der Waals surface area contributed by atoms with E-state index in [1.54, 1.807) is 0 Å². The third kappa shape index (κ3) is 4.82. The molecule has 0 aromatic heterocycles. The second-order valence-electron chi connectivity index (χ2n) is 7.80. The highest BCUT2D eigenvalue weighted by Gasteiger charge is 2.31. The van der Waals surface area contributed by atoms with E-state index < -0.39 is 0 Å². The summed E-state index contributed by atoms with van der Waals surface area (Å²) in [5, 5.41) is 10.7. The molecule has 2 fully saturated rings. The zero-order chi connectivity index (χ0) is 20.1. The van der Waals surface area contributed by atoms with Gasteiger partial charge in [-0.3, -0.25) is 15.0 Å². The number of methoxy groups -OCH3 is 1. The lowest BCUT2D eigenvalue weighted by Crippen LogP contribution is -2.47. The zero-order valence-corrected chi connectivity index (χ0v) is 16.4. The van der Waals surface area contributed by atoms with Crippen LogP contribution in [0.25, 0.3) is 0 Å².